The number of fused-ring (bicyclic) bond motifs is 2. The summed E-state index contributed by atoms with van der Waals surface area (Å²) in [5, 5.41) is 4.26. The number of para-hydroxylation sites is 1. The Morgan fingerprint density at radius 3 is 2.42 bits per heavy atom. The Morgan fingerprint density at radius 1 is 1.00 bits per heavy atom. The molecule has 0 aromatic heterocycles. The Morgan fingerprint density at radius 2 is 1.68 bits per heavy atom. The van der Waals surface area contributed by atoms with Crippen molar-refractivity contribution in [2.75, 3.05) is 44.3 Å². The number of carbonyl (C=O) groups is 1. The fourth-order valence-corrected chi connectivity index (χ4v) is 5.72. The zero-order chi connectivity index (χ0) is 21.2. The molecule has 6 heteroatoms. The van der Waals surface area contributed by atoms with Crippen LogP contribution in [0.4, 0.5) is 5.69 Å². The van der Waals surface area contributed by atoms with Crippen LogP contribution in [0.5, 0.6) is 0 Å². The maximum Gasteiger partial charge on any atom is 0.253 e. The zero-order valence-electron chi connectivity index (χ0n) is 17.8. The molecule has 5 rings (SSSR count). The highest BCUT2D eigenvalue weighted by Gasteiger charge is 2.43. The number of amides is 1. The van der Waals surface area contributed by atoms with Gasteiger partial charge < -0.3 is 15.0 Å². The van der Waals surface area contributed by atoms with E-state index in [4.69, 9.17) is 16.3 Å². The molecule has 0 spiro atoms. The van der Waals surface area contributed by atoms with Crippen LogP contribution < -0.4 is 10.2 Å². The summed E-state index contributed by atoms with van der Waals surface area (Å²) >= 11 is 6.38. The van der Waals surface area contributed by atoms with Gasteiger partial charge in [-0.15, -0.1) is 0 Å². The fourth-order valence-electron chi connectivity index (χ4n) is 5.53. The SMILES string of the molecule is O=C(NC1[C@@H]2CC[C@H]1CN(Cc1ccccc1Cl)C2)c1ccccc1N1CCOCC1. The van der Waals surface area contributed by atoms with Crippen molar-refractivity contribution in [3.8, 4) is 0 Å². The molecular formula is C25H30ClN3O2. The molecule has 1 aliphatic carbocycles. The van der Waals surface area contributed by atoms with Crippen molar-refractivity contribution in [3.05, 3.63) is 64.7 Å². The van der Waals surface area contributed by atoms with Crippen LogP contribution in [0.2, 0.25) is 5.02 Å². The van der Waals surface area contributed by atoms with Crippen LogP contribution in [0.1, 0.15) is 28.8 Å². The third-order valence-electron chi connectivity index (χ3n) is 7.06. The first-order valence-electron chi connectivity index (χ1n) is 11.4. The van der Waals surface area contributed by atoms with Gasteiger partial charge in [0.2, 0.25) is 0 Å². The number of rotatable bonds is 5. The van der Waals surface area contributed by atoms with E-state index in [9.17, 15) is 4.79 Å². The van der Waals surface area contributed by atoms with Crippen molar-refractivity contribution in [1.29, 1.82) is 0 Å². The summed E-state index contributed by atoms with van der Waals surface area (Å²) in [4.78, 5) is 18.1. The van der Waals surface area contributed by atoms with Crippen LogP contribution in [-0.4, -0.2) is 56.2 Å². The molecule has 2 aliphatic heterocycles. The lowest BCUT2D eigenvalue weighted by Gasteiger charge is -2.39. The van der Waals surface area contributed by atoms with Crippen molar-refractivity contribution in [2.24, 2.45) is 11.8 Å². The molecular weight excluding hydrogens is 410 g/mol. The normalized spacial score (nSPS) is 26.1. The second-order valence-electron chi connectivity index (χ2n) is 9.00. The Bertz CT molecular complexity index is 916. The first kappa shape index (κ1) is 20.8. The molecule has 2 heterocycles. The van der Waals surface area contributed by atoms with Gasteiger partial charge in [-0.05, 0) is 48.4 Å². The van der Waals surface area contributed by atoms with Gasteiger partial charge in [0.05, 0.1) is 18.8 Å². The number of nitrogens with zero attached hydrogens (tertiary/aromatic N) is 2. The van der Waals surface area contributed by atoms with Gasteiger partial charge in [0.15, 0.2) is 0 Å². The van der Waals surface area contributed by atoms with E-state index in [1.807, 2.05) is 30.3 Å². The van der Waals surface area contributed by atoms with Crippen LogP contribution in [0.15, 0.2) is 48.5 Å². The molecule has 0 radical (unpaired) electrons. The molecule has 2 bridgehead atoms. The van der Waals surface area contributed by atoms with E-state index in [1.54, 1.807) is 0 Å². The lowest BCUT2D eigenvalue weighted by Crippen LogP contribution is -2.52. The monoisotopic (exact) mass is 439 g/mol. The van der Waals surface area contributed by atoms with E-state index < -0.39 is 0 Å². The molecule has 2 aromatic carbocycles. The molecule has 31 heavy (non-hydrogen) atoms. The maximum absolute atomic E-state index is 13.3. The third kappa shape index (κ3) is 4.45. The number of morpholine rings is 1. The predicted molar refractivity (Wildman–Crippen MR) is 124 cm³/mol. The molecule has 1 amide bonds. The van der Waals surface area contributed by atoms with Crippen LogP contribution >= 0.6 is 11.6 Å². The Labute approximate surface area is 189 Å². The highest BCUT2D eigenvalue weighted by molar-refractivity contribution is 6.31. The molecule has 3 fully saturated rings. The summed E-state index contributed by atoms with van der Waals surface area (Å²) in [7, 11) is 0. The maximum atomic E-state index is 13.3. The molecule has 2 aromatic rings. The van der Waals surface area contributed by atoms with Gasteiger partial charge in [-0.1, -0.05) is 41.9 Å². The number of anilines is 1. The first-order valence-corrected chi connectivity index (χ1v) is 11.7. The van der Waals surface area contributed by atoms with Crippen molar-refractivity contribution in [2.45, 2.75) is 25.4 Å². The lowest BCUT2D eigenvalue weighted by molar-refractivity contribution is 0.0824. The van der Waals surface area contributed by atoms with Crippen LogP contribution in [0, 0.1) is 11.8 Å². The van der Waals surface area contributed by atoms with Gasteiger partial charge in [0, 0.05) is 49.5 Å². The van der Waals surface area contributed by atoms with E-state index >= 15 is 0 Å². The van der Waals surface area contributed by atoms with Crippen LogP contribution in [0.25, 0.3) is 0 Å². The number of benzene rings is 2. The zero-order valence-corrected chi connectivity index (χ0v) is 18.6. The molecule has 2 saturated heterocycles. The first-order chi connectivity index (χ1) is 15.2. The van der Waals surface area contributed by atoms with Crippen molar-refractivity contribution >= 4 is 23.2 Å². The quantitative estimate of drug-likeness (QED) is 0.769. The smallest absolute Gasteiger partial charge is 0.253 e. The number of hydrogen-bond donors (Lipinski definition) is 1. The van der Waals surface area contributed by atoms with Crippen molar-refractivity contribution in [3.63, 3.8) is 0 Å². The van der Waals surface area contributed by atoms with E-state index in [0.717, 1.165) is 49.0 Å². The van der Waals surface area contributed by atoms with E-state index in [2.05, 4.69) is 33.3 Å². The highest BCUT2D eigenvalue weighted by Crippen LogP contribution is 2.38. The molecule has 164 valence electrons. The Kier molecular flexibility index (Phi) is 6.17. The number of carbonyl (C=O) groups excluding carboxylic acids is 1. The largest absolute Gasteiger partial charge is 0.378 e. The van der Waals surface area contributed by atoms with Crippen LogP contribution in [-0.2, 0) is 11.3 Å². The summed E-state index contributed by atoms with van der Waals surface area (Å²) in [5.41, 5.74) is 2.99. The molecule has 1 saturated carbocycles. The lowest BCUT2D eigenvalue weighted by atomic mass is 9.91. The van der Waals surface area contributed by atoms with E-state index in [-0.39, 0.29) is 11.9 Å². The van der Waals surface area contributed by atoms with Crippen molar-refractivity contribution < 1.29 is 9.53 Å². The molecule has 1 unspecified atom stereocenters. The van der Waals surface area contributed by atoms with E-state index in [1.165, 1.54) is 18.4 Å². The second-order valence-corrected chi connectivity index (χ2v) is 9.41. The third-order valence-corrected chi connectivity index (χ3v) is 7.43. The van der Waals surface area contributed by atoms with Gasteiger partial charge in [-0.25, -0.2) is 0 Å². The predicted octanol–water partition coefficient (Wildman–Crippen LogP) is 3.82. The van der Waals surface area contributed by atoms with Gasteiger partial charge in [0.1, 0.15) is 0 Å². The molecule has 5 nitrogen and oxygen atoms in total. The van der Waals surface area contributed by atoms with Gasteiger partial charge in [0.25, 0.3) is 5.91 Å². The topological polar surface area (TPSA) is 44.8 Å². The number of ether oxygens (including phenoxy) is 1. The highest BCUT2D eigenvalue weighted by atomic mass is 35.5. The number of hydrogen-bond acceptors (Lipinski definition) is 4. The minimum atomic E-state index is 0.0588. The van der Waals surface area contributed by atoms with Crippen molar-refractivity contribution in [1.82, 2.24) is 10.2 Å². The average Bonchev–Trinajstić information content (AvgIpc) is 3.03. The van der Waals surface area contributed by atoms with Gasteiger partial charge >= 0.3 is 0 Å². The minimum Gasteiger partial charge on any atom is -0.378 e. The molecule has 3 aliphatic rings. The second kappa shape index (κ2) is 9.19. The Balaban J connectivity index is 1.26. The summed E-state index contributed by atoms with van der Waals surface area (Å²) in [6.07, 6.45) is 2.36. The summed E-state index contributed by atoms with van der Waals surface area (Å²) in [6.45, 7) is 5.99. The van der Waals surface area contributed by atoms with Gasteiger partial charge in [-0.2, -0.15) is 0 Å². The standard InChI is InChI=1S/C25H30ClN3O2/c26-22-7-3-1-5-18(22)15-28-16-19-9-10-20(17-28)24(19)27-25(30)21-6-2-4-8-23(21)29-11-13-31-14-12-29/h1-8,19-20,24H,9-17H2,(H,27,30)/t19-,20+,24?. The number of piperidine rings is 1. The Hall–Kier alpha value is -2.08. The van der Waals surface area contributed by atoms with E-state index in [0.29, 0.717) is 25.0 Å². The fraction of sp³-hybridized carbons (Fsp3) is 0.480. The number of halogens is 1. The number of nitrogens with one attached hydrogen (secondary N) is 1. The molecule has 1 N–H and O–H groups in total. The summed E-state index contributed by atoms with van der Waals surface area (Å²) in [6, 6.07) is 16.3. The van der Waals surface area contributed by atoms with Gasteiger partial charge in [-0.3, -0.25) is 9.69 Å². The van der Waals surface area contributed by atoms with Crippen LogP contribution in [0.3, 0.4) is 0 Å². The average molecular weight is 440 g/mol. The number of likely N-dealkylation sites (tertiary alicyclic amines) is 1. The summed E-state index contributed by atoms with van der Waals surface area (Å²) in [5.74, 6) is 1.06. The summed E-state index contributed by atoms with van der Waals surface area (Å²) < 4.78 is 5.48. The minimum absolute atomic E-state index is 0.0588. The molecule has 3 atom stereocenters.